The Morgan fingerprint density at radius 1 is 0.941 bits per heavy atom. The molecule has 168 valence electrons. The van der Waals surface area contributed by atoms with Crippen molar-refractivity contribution in [1.29, 1.82) is 0 Å². The van der Waals surface area contributed by atoms with Crippen molar-refractivity contribution in [2.45, 2.75) is 0 Å². The Kier molecular flexibility index (Phi) is 5.68. The van der Waals surface area contributed by atoms with Gasteiger partial charge in [0, 0.05) is 11.8 Å². The van der Waals surface area contributed by atoms with Gasteiger partial charge in [-0.05, 0) is 48.5 Å². The number of nitrogens with zero attached hydrogens (tertiary/aromatic N) is 5. The Morgan fingerprint density at radius 3 is 2.47 bits per heavy atom. The molecule has 0 bridgehead atoms. The van der Waals surface area contributed by atoms with Crippen molar-refractivity contribution in [3.63, 3.8) is 0 Å². The van der Waals surface area contributed by atoms with Crippen molar-refractivity contribution in [3.8, 4) is 22.8 Å². The largest absolute Gasteiger partial charge is 0.463 e. The van der Waals surface area contributed by atoms with Gasteiger partial charge in [0.15, 0.2) is 5.76 Å². The van der Waals surface area contributed by atoms with E-state index in [9.17, 15) is 9.59 Å². The van der Waals surface area contributed by atoms with Gasteiger partial charge in [-0.1, -0.05) is 18.2 Å². The van der Waals surface area contributed by atoms with E-state index >= 15 is 0 Å². The molecule has 3 heterocycles. The Hall–Kier alpha value is -4.99. The lowest BCUT2D eigenvalue weighted by Gasteiger charge is -2.09. The second-order valence-electron chi connectivity index (χ2n) is 7.26. The zero-order valence-electron chi connectivity index (χ0n) is 17.8. The van der Waals surface area contributed by atoms with Crippen LogP contribution in [-0.2, 0) is 4.79 Å². The number of amides is 2. The first-order valence-electron chi connectivity index (χ1n) is 10.4. The van der Waals surface area contributed by atoms with Gasteiger partial charge in [0.1, 0.15) is 24.0 Å². The quantitative estimate of drug-likeness (QED) is 0.391. The Bertz CT molecular complexity index is 1390. The van der Waals surface area contributed by atoms with Gasteiger partial charge in [-0.15, -0.1) is 0 Å². The molecular formula is C24H19N7O3. The number of nitrogens with one attached hydrogen (secondary N) is 2. The molecule has 0 aliphatic rings. The maximum atomic E-state index is 13.0. The fraction of sp³-hybridized carbons (Fsp3) is 0.0417. The average Bonchev–Trinajstić information content (AvgIpc) is 3.65. The van der Waals surface area contributed by atoms with E-state index in [4.69, 9.17) is 4.42 Å². The number of aromatic nitrogens is 5. The minimum absolute atomic E-state index is 0.209. The van der Waals surface area contributed by atoms with Gasteiger partial charge in [0.2, 0.25) is 5.91 Å². The molecular weight excluding hydrogens is 434 g/mol. The van der Waals surface area contributed by atoms with Crippen LogP contribution in [0.1, 0.15) is 10.5 Å². The van der Waals surface area contributed by atoms with E-state index in [-0.39, 0.29) is 18.1 Å². The van der Waals surface area contributed by atoms with Gasteiger partial charge in [-0.2, -0.15) is 10.2 Å². The molecule has 5 rings (SSSR count). The third-order valence-electron chi connectivity index (χ3n) is 4.96. The van der Waals surface area contributed by atoms with Crippen molar-refractivity contribution in [2.75, 3.05) is 11.9 Å². The summed E-state index contributed by atoms with van der Waals surface area (Å²) in [7, 11) is 0. The Morgan fingerprint density at radius 2 is 1.76 bits per heavy atom. The highest BCUT2D eigenvalue weighted by atomic mass is 16.3. The molecule has 2 N–H and O–H groups in total. The number of anilines is 1. The van der Waals surface area contributed by atoms with E-state index in [1.165, 1.54) is 11.0 Å². The molecule has 10 nitrogen and oxygen atoms in total. The number of hydrogen-bond acceptors (Lipinski definition) is 6. The predicted octanol–water partition coefficient (Wildman–Crippen LogP) is 3.08. The fourth-order valence-electron chi connectivity index (χ4n) is 3.35. The van der Waals surface area contributed by atoms with Crippen LogP contribution in [0.5, 0.6) is 0 Å². The molecule has 3 aromatic heterocycles. The van der Waals surface area contributed by atoms with E-state index in [0.29, 0.717) is 22.8 Å². The highest BCUT2D eigenvalue weighted by molar-refractivity contribution is 5.99. The van der Waals surface area contributed by atoms with Crippen LogP contribution >= 0.6 is 0 Å². The molecule has 0 radical (unpaired) electrons. The molecule has 0 spiro atoms. The first-order chi connectivity index (χ1) is 16.7. The van der Waals surface area contributed by atoms with Crippen LogP contribution in [0.25, 0.3) is 22.8 Å². The maximum Gasteiger partial charge on any atom is 0.270 e. The number of benzene rings is 2. The summed E-state index contributed by atoms with van der Waals surface area (Å²) in [6.07, 6.45) is 4.57. The first kappa shape index (κ1) is 20.9. The van der Waals surface area contributed by atoms with Crippen molar-refractivity contribution < 1.29 is 14.0 Å². The minimum atomic E-state index is -0.439. The first-order valence-corrected chi connectivity index (χ1v) is 10.4. The molecule has 2 aromatic carbocycles. The summed E-state index contributed by atoms with van der Waals surface area (Å²) in [6, 6.07) is 21.5. The number of carbonyl (C=O) groups excluding carboxylic acids is 2. The summed E-state index contributed by atoms with van der Waals surface area (Å²) in [5, 5.41) is 14.0. The molecule has 0 aliphatic carbocycles. The number of para-hydroxylation sites is 1. The monoisotopic (exact) mass is 453 g/mol. The van der Waals surface area contributed by atoms with Gasteiger partial charge in [0.25, 0.3) is 5.91 Å². The van der Waals surface area contributed by atoms with E-state index in [2.05, 4.69) is 25.8 Å². The SMILES string of the molecule is O=C(CNC(=O)c1cc(-c2ccco2)nn1-c1ccccc1)Nc1ccc(-n2cncn2)cc1. The van der Waals surface area contributed by atoms with Gasteiger partial charge in [-0.25, -0.2) is 14.3 Å². The molecule has 0 saturated carbocycles. The van der Waals surface area contributed by atoms with Crippen LogP contribution in [0.3, 0.4) is 0 Å². The number of hydrogen-bond donors (Lipinski definition) is 2. The Balaban J connectivity index is 1.27. The second kappa shape index (κ2) is 9.25. The number of carbonyl (C=O) groups is 2. The molecule has 10 heteroatoms. The van der Waals surface area contributed by atoms with Crippen LogP contribution in [0, 0.1) is 0 Å². The van der Waals surface area contributed by atoms with Gasteiger partial charge >= 0.3 is 0 Å². The standard InChI is InChI=1S/C24H19N7O3/c32-23(28-17-8-10-18(11-9-17)30-16-25-15-27-30)14-26-24(33)21-13-20(22-7-4-12-34-22)29-31(21)19-5-2-1-3-6-19/h1-13,15-16H,14H2,(H,26,33)(H,28,32). The van der Waals surface area contributed by atoms with Gasteiger partial charge in [0.05, 0.1) is 24.2 Å². The summed E-state index contributed by atoms with van der Waals surface area (Å²) in [5.41, 5.74) is 2.91. The zero-order chi connectivity index (χ0) is 23.3. The summed E-state index contributed by atoms with van der Waals surface area (Å²) >= 11 is 0. The fourth-order valence-corrected chi connectivity index (χ4v) is 3.35. The van der Waals surface area contributed by atoms with E-state index in [1.807, 2.05) is 30.3 Å². The van der Waals surface area contributed by atoms with Crippen molar-refractivity contribution >= 4 is 17.5 Å². The number of furan rings is 1. The summed E-state index contributed by atoms with van der Waals surface area (Å²) in [5.74, 6) is -0.263. The van der Waals surface area contributed by atoms with Crippen molar-refractivity contribution in [2.24, 2.45) is 0 Å². The predicted molar refractivity (Wildman–Crippen MR) is 124 cm³/mol. The van der Waals surface area contributed by atoms with Crippen LogP contribution in [0.2, 0.25) is 0 Å². The third kappa shape index (κ3) is 4.46. The normalized spacial score (nSPS) is 10.7. The minimum Gasteiger partial charge on any atom is -0.463 e. The molecule has 0 fully saturated rings. The van der Waals surface area contributed by atoms with Crippen LogP contribution in [0.4, 0.5) is 5.69 Å². The molecule has 0 aliphatic heterocycles. The third-order valence-corrected chi connectivity index (χ3v) is 4.96. The maximum absolute atomic E-state index is 13.0. The lowest BCUT2D eigenvalue weighted by atomic mass is 10.2. The van der Waals surface area contributed by atoms with E-state index in [0.717, 1.165) is 5.69 Å². The smallest absolute Gasteiger partial charge is 0.270 e. The molecule has 0 atom stereocenters. The van der Waals surface area contributed by atoms with Gasteiger partial charge < -0.3 is 15.1 Å². The van der Waals surface area contributed by atoms with Crippen LogP contribution < -0.4 is 10.6 Å². The van der Waals surface area contributed by atoms with Gasteiger partial charge in [-0.3, -0.25) is 9.59 Å². The molecule has 34 heavy (non-hydrogen) atoms. The van der Waals surface area contributed by atoms with E-state index in [1.54, 1.807) is 59.7 Å². The summed E-state index contributed by atoms with van der Waals surface area (Å²) < 4.78 is 8.55. The van der Waals surface area contributed by atoms with Crippen LogP contribution in [0.15, 0.2) is 96.1 Å². The lowest BCUT2D eigenvalue weighted by Crippen LogP contribution is -2.34. The van der Waals surface area contributed by atoms with Crippen molar-refractivity contribution in [1.82, 2.24) is 29.9 Å². The molecule has 5 aromatic rings. The average molecular weight is 453 g/mol. The molecule has 0 unspecified atom stereocenters. The summed E-state index contributed by atoms with van der Waals surface area (Å²) in [4.78, 5) is 29.3. The highest BCUT2D eigenvalue weighted by Crippen LogP contribution is 2.22. The highest BCUT2D eigenvalue weighted by Gasteiger charge is 2.19. The Labute approximate surface area is 193 Å². The van der Waals surface area contributed by atoms with Crippen molar-refractivity contribution in [3.05, 3.63) is 97.4 Å². The molecule has 0 saturated heterocycles. The summed E-state index contributed by atoms with van der Waals surface area (Å²) in [6.45, 7) is -0.209. The number of rotatable bonds is 7. The zero-order valence-corrected chi connectivity index (χ0v) is 17.8. The lowest BCUT2D eigenvalue weighted by molar-refractivity contribution is -0.115. The second-order valence-corrected chi connectivity index (χ2v) is 7.26. The molecule has 2 amide bonds. The van der Waals surface area contributed by atoms with Crippen LogP contribution in [-0.4, -0.2) is 42.9 Å². The topological polar surface area (TPSA) is 120 Å². The van der Waals surface area contributed by atoms with E-state index < -0.39 is 5.91 Å².